The number of carbonyl (C=O) groups excluding carboxylic acids is 1. The van der Waals surface area contributed by atoms with Crippen LogP contribution in [0.3, 0.4) is 0 Å². The lowest BCUT2D eigenvalue weighted by atomic mass is 9.90. The van der Waals surface area contributed by atoms with Gasteiger partial charge in [-0.25, -0.2) is 0 Å². The molecular formula is C25H27Cl2O2P. The van der Waals surface area contributed by atoms with Gasteiger partial charge in [0.25, 0.3) is 0 Å². The van der Waals surface area contributed by atoms with Crippen LogP contribution in [0.15, 0.2) is 60.7 Å². The molecular weight excluding hydrogens is 434 g/mol. The molecule has 5 heteroatoms. The van der Waals surface area contributed by atoms with Crippen molar-refractivity contribution in [3.05, 3.63) is 94.0 Å². The molecule has 30 heavy (non-hydrogen) atoms. The lowest BCUT2D eigenvalue weighted by Crippen LogP contribution is -2.14. The van der Waals surface area contributed by atoms with Crippen LogP contribution in [0.2, 0.25) is 0 Å². The Kier molecular flexibility index (Phi) is 8.92. The summed E-state index contributed by atoms with van der Waals surface area (Å²) in [5, 5.41) is 1.83. The second-order valence-corrected chi connectivity index (χ2v) is 10.6. The van der Waals surface area contributed by atoms with E-state index in [2.05, 4.69) is 0 Å². The number of halogens is 2. The van der Waals surface area contributed by atoms with Gasteiger partial charge in [0.1, 0.15) is 7.14 Å². The molecule has 0 bridgehead atoms. The van der Waals surface area contributed by atoms with Gasteiger partial charge in [-0.1, -0.05) is 60.7 Å². The van der Waals surface area contributed by atoms with Crippen LogP contribution in [-0.2, 0) is 16.3 Å². The molecule has 0 amide bonds. The van der Waals surface area contributed by atoms with Crippen LogP contribution in [0.4, 0.5) is 0 Å². The monoisotopic (exact) mass is 460 g/mol. The van der Waals surface area contributed by atoms with Crippen molar-refractivity contribution in [2.45, 2.75) is 32.5 Å². The molecule has 2 nitrogen and oxygen atoms in total. The molecule has 0 spiro atoms. The number of benzene rings is 3. The first-order valence-corrected chi connectivity index (χ1v) is 12.9. The Labute approximate surface area is 189 Å². The van der Waals surface area contributed by atoms with Crippen molar-refractivity contribution in [2.75, 3.05) is 6.66 Å². The second-order valence-electron chi connectivity index (χ2n) is 7.23. The first-order chi connectivity index (χ1) is 14.3. The summed E-state index contributed by atoms with van der Waals surface area (Å²) in [6.45, 7) is 7.68. The molecule has 0 aliphatic carbocycles. The third-order valence-corrected chi connectivity index (χ3v) is 8.60. The van der Waals surface area contributed by atoms with Crippen molar-refractivity contribution in [1.29, 1.82) is 0 Å². The molecule has 0 unspecified atom stereocenters. The van der Waals surface area contributed by atoms with Crippen LogP contribution in [0.5, 0.6) is 0 Å². The van der Waals surface area contributed by atoms with Gasteiger partial charge in [0.2, 0.25) is 0 Å². The number of hydrogen-bond acceptors (Lipinski definition) is 2. The zero-order valence-electron chi connectivity index (χ0n) is 17.8. The minimum atomic E-state index is -2.40. The fourth-order valence-electron chi connectivity index (χ4n) is 3.50. The lowest BCUT2D eigenvalue weighted by molar-refractivity contribution is 0.112. The van der Waals surface area contributed by atoms with E-state index in [9.17, 15) is 9.36 Å². The summed E-state index contributed by atoms with van der Waals surface area (Å²) in [7, 11) is -2.40. The molecule has 0 aliphatic rings. The minimum absolute atomic E-state index is 0.419. The Morgan fingerprint density at radius 2 is 1.10 bits per heavy atom. The first kappa shape index (κ1) is 24.4. The summed E-state index contributed by atoms with van der Waals surface area (Å²) in [5.41, 5.74) is 5.85. The van der Waals surface area contributed by atoms with Crippen molar-refractivity contribution in [2.24, 2.45) is 0 Å². The summed E-state index contributed by atoms with van der Waals surface area (Å²) >= 11 is 11.8. The fourth-order valence-corrected chi connectivity index (χ4v) is 6.08. The molecule has 0 saturated heterocycles. The van der Waals surface area contributed by atoms with Crippen LogP contribution in [0.25, 0.3) is 0 Å². The fraction of sp³-hybridized carbons (Fsp3) is 0.240. The molecule has 3 rings (SSSR count). The van der Waals surface area contributed by atoms with Crippen molar-refractivity contribution in [3.8, 4) is 0 Å². The average Bonchev–Trinajstić information content (AvgIpc) is 2.76. The number of carbonyl (C=O) groups is 1. The number of aldehydes is 1. The minimum Gasteiger partial charge on any atom is -0.314 e. The summed E-state index contributed by atoms with van der Waals surface area (Å²) in [6, 6.07) is 19.3. The Morgan fingerprint density at radius 1 is 0.733 bits per heavy atom. The Morgan fingerprint density at radius 3 is 1.40 bits per heavy atom. The predicted molar refractivity (Wildman–Crippen MR) is 131 cm³/mol. The molecule has 0 fully saturated rings. The average molecular weight is 461 g/mol. The van der Waals surface area contributed by atoms with Crippen molar-refractivity contribution < 1.29 is 9.36 Å². The molecule has 0 heterocycles. The van der Waals surface area contributed by atoms with Crippen LogP contribution in [0.1, 0.15) is 38.2 Å². The van der Waals surface area contributed by atoms with E-state index >= 15 is 0 Å². The molecule has 0 N–H and O–H groups in total. The number of rotatable bonds is 5. The van der Waals surface area contributed by atoms with Gasteiger partial charge in [-0.05, 0) is 55.3 Å². The van der Waals surface area contributed by atoms with Gasteiger partial charge in [0.05, 0.1) is 0 Å². The molecule has 0 aliphatic heterocycles. The number of alkyl halides is 2. The highest BCUT2D eigenvalue weighted by molar-refractivity contribution is 7.78. The van der Waals surface area contributed by atoms with Crippen LogP contribution >= 0.6 is 30.3 Å². The zero-order valence-corrected chi connectivity index (χ0v) is 20.2. The highest BCUT2D eigenvalue weighted by Crippen LogP contribution is 2.38. The Hall–Kier alpha value is -1.86. The van der Waals surface area contributed by atoms with Crippen LogP contribution in [0, 0.1) is 20.8 Å². The van der Waals surface area contributed by atoms with Crippen molar-refractivity contribution in [1.82, 2.24) is 0 Å². The zero-order chi connectivity index (χ0) is 22.3. The molecule has 0 atom stereocenters. The van der Waals surface area contributed by atoms with Crippen molar-refractivity contribution >= 4 is 47.2 Å². The van der Waals surface area contributed by atoms with Gasteiger partial charge in [-0.3, -0.25) is 4.79 Å². The molecule has 3 aromatic carbocycles. The van der Waals surface area contributed by atoms with Gasteiger partial charge in [0.15, 0.2) is 6.29 Å². The second kappa shape index (κ2) is 11.0. The van der Waals surface area contributed by atoms with E-state index in [1.54, 1.807) is 0 Å². The van der Waals surface area contributed by atoms with Crippen molar-refractivity contribution in [3.63, 3.8) is 0 Å². The summed E-state index contributed by atoms with van der Waals surface area (Å²) in [5.74, 6) is 0.839. The molecule has 0 aromatic heterocycles. The van der Waals surface area contributed by atoms with E-state index in [1.807, 2.05) is 88.1 Å². The SMILES string of the molecule is CP(=O)(c1ccccc1)c1ccccc1.Cc1c(C=O)c(C)c(CCl)c(C)c1CCl. The summed E-state index contributed by atoms with van der Waals surface area (Å²) in [6.07, 6.45) is 0.885. The Bertz CT molecular complexity index is 973. The highest BCUT2D eigenvalue weighted by Gasteiger charge is 2.19. The van der Waals surface area contributed by atoms with Gasteiger partial charge >= 0.3 is 0 Å². The van der Waals surface area contributed by atoms with E-state index in [-0.39, 0.29) is 0 Å². The lowest BCUT2D eigenvalue weighted by Gasteiger charge is -2.17. The molecule has 0 saturated carbocycles. The molecule has 158 valence electrons. The maximum Gasteiger partial charge on any atom is 0.150 e. The maximum atomic E-state index is 12.6. The normalized spacial score (nSPS) is 10.9. The first-order valence-electron chi connectivity index (χ1n) is 9.66. The smallest absolute Gasteiger partial charge is 0.150 e. The molecule has 0 radical (unpaired) electrons. The quantitative estimate of drug-likeness (QED) is 0.246. The summed E-state index contributed by atoms with van der Waals surface area (Å²) < 4.78 is 12.6. The van der Waals surface area contributed by atoms with E-state index in [0.29, 0.717) is 11.8 Å². The predicted octanol–water partition coefficient (Wildman–Crippen LogP) is 6.53. The van der Waals surface area contributed by atoms with E-state index < -0.39 is 7.14 Å². The number of hydrogen-bond donors (Lipinski definition) is 0. The third-order valence-electron chi connectivity index (χ3n) is 5.50. The third kappa shape index (κ3) is 5.24. The standard InChI is InChI=1S/C13H13OP.C12H14Cl2O/c1-15(14,12-8-4-2-5-9-12)13-10-6-3-7-11-13;1-7-10(4-13)8(2)12(6-15)9(3)11(7)5-14/h2-11H,1H3;6H,4-5H2,1-3H3. The topological polar surface area (TPSA) is 34.1 Å². The van der Waals surface area contributed by atoms with Gasteiger partial charge in [0, 0.05) is 27.9 Å². The highest BCUT2D eigenvalue weighted by atomic mass is 35.5. The van der Waals surface area contributed by atoms with Gasteiger partial charge < -0.3 is 4.57 Å². The van der Waals surface area contributed by atoms with Crippen LogP contribution < -0.4 is 10.6 Å². The van der Waals surface area contributed by atoms with E-state index in [1.165, 1.54) is 0 Å². The largest absolute Gasteiger partial charge is 0.314 e. The van der Waals surface area contributed by atoms with Gasteiger partial charge in [-0.2, -0.15) is 0 Å². The Balaban J connectivity index is 0.000000214. The molecule has 3 aromatic rings. The maximum absolute atomic E-state index is 12.6. The van der Waals surface area contributed by atoms with E-state index in [0.717, 1.165) is 50.3 Å². The summed E-state index contributed by atoms with van der Waals surface area (Å²) in [4.78, 5) is 11.0. The van der Waals surface area contributed by atoms with Crippen LogP contribution in [-0.4, -0.2) is 13.0 Å². The van der Waals surface area contributed by atoms with E-state index in [4.69, 9.17) is 23.2 Å². The van der Waals surface area contributed by atoms with Gasteiger partial charge in [-0.15, -0.1) is 23.2 Å².